The highest BCUT2D eigenvalue weighted by atomic mass is 15.0. The normalized spacial score (nSPS) is 14.4. The van der Waals surface area contributed by atoms with E-state index in [1.54, 1.807) is 0 Å². The van der Waals surface area contributed by atoms with Crippen LogP contribution in [0.15, 0.2) is 30.5 Å². The van der Waals surface area contributed by atoms with Gasteiger partial charge in [0.15, 0.2) is 0 Å². The van der Waals surface area contributed by atoms with Gasteiger partial charge in [-0.05, 0) is 31.9 Å². The van der Waals surface area contributed by atoms with Gasteiger partial charge in [-0.25, -0.2) is 9.97 Å². The van der Waals surface area contributed by atoms with Crippen LogP contribution in [0.25, 0.3) is 0 Å². The number of nitrogens with zero attached hydrogens (tertiary/aromatic N) is 3. The van der Waals surface area contributed by atoms with Crippen LogP contribution in [0, 0.1) is 0 Å². The average Bonchev–Trinajstić information content (AvgIpc) is 3.24. The lowest BCUT2D eigenvalue weighted by Gasteiger charge is -2.08. The van der Waals surface area contributed by atoms with Crippen LogP contribution < -0.4 is 5.32 Å². The van der Waals surface area contributed by atoms with Crippen LogP contribution >= 0.6 is 0 Å². The van der Waals surface area contributed by atoms with Crippen molar-refractivity contribution < 1.29 is 0 Å². The fourth-order valence-corrected chi connectivity index (χ4v) is 2.09. The van der Waals surface area contributed by atoms with Crippen LogP contribution in [0.3, 0.4) is 0 Å². The first-order chi connectivity index (χ1) is 9.35. The second-order valence-electron chi connectivity index (χ2n) is 4.91. The molecule has 1 N–H and O–H groups in total. The van der Waals surface area contributed by atoms with Gasteiger partial charge in [-0.15, -0.1) is 0 Å². The summed E-state index contributed by atoms with van der Waals surface area (Å²) >= 11 is 0. The average molecular weight is 254 g/mol. The van der Waals surface area contributed by atoms with Gasteiger partial charge in [0, 0.05) is 36.8 Å². The van der Waals surface area contributed by atoms with Crippen molar-refractivity contribution in [3.63, 3.8) is 0 Å². The van der Waals surface area contributed by atoms with E-state index in [0.29, 0.717) is 5.92 Å². The molecule has 0 unspecified atom stereocenters. The summed E-state index contributed by atoms with van der Waals surface area (Å²) in [6, 6.07) is 8.01. The van der Waals surface area contributed by atoms with Gasteiger partial charge in [-0.2, -0.15) is 0 Å². The Bertz CT molecular complexity index is 549. The smallest absolute Gasteiger partial charge is 0.134 e. The Kier molecular flexibility index (Phi) is 3.40. The van der Waals surface area contributed by atoms with Gasteiger partial charge >= 0.3 is 0 Å². The van der Waals surface area contributed by atoms with Crippen molar-refractivity contribution in [1.29, 1.82) is 0 Å². The molecular formula is C15H18N4. The molecule has 0 bridgehead atoms. The maximum atomic E-state index is 4.68. The summed E-state index contributed by atoms with van der Waals surface area (Å²) in [5, 5.41) is 3.29. The molecule has 3 rings (SSSR count). The zero-order chi connectivity index (χ0) is 13.1. The molecule has 0 spiro atoms. The molecule has 98 valence electrons. The number of pyridine rings is 1. The Labute approximate surface area is 113 Å². The van der Waals surface area contributed by atoms with Gasteiger partial charge in [0.25, 0.3) is 0 Å². The molecule has 1 aliphatic carbocycles. The molecule has 0 atom stereocenters. The maximum absolute atomic E-state index is 4.68. The van der Waals surface area contributed by atoms with Crippen LogP contribution in [0.5, 0.6) is 0 Å². The van der Waals surface area contributed by atoms with Crippen molar-refractivity contribution in [3.8, 4) is 0 Å². The molecule has 2 aromatic rings. The molecule has 1 saturated carbocycles. The fourth-order valence-electron chi connectivity index (χ4n) is 2.09. The summed E-state index contributed by atoms with van der Waals surface area (Å²) in [5.41, 5.74) is 2.09. The maximum Gasteiger partial charge on any atom is 0.134 e. The van der Waals surface area contributed by atoms with Crippen LogP contribution in [-0.2, 0) is 6.42 Å². The molecule has 0 amide bonds. The molecule has 0 aromatic carbocycles. The number of hydrogen-bond acceptors (Lipinski definition) is 4. The first kappa shape index (κ1) is 12.1. The van der Waals surface area contributed by atoms with E-state index >= 15 is 0 Å². The lowest BCUT2D eigenvalue weighted by atomic mass is 10.2. The minimum absolute atomic E-state index is 0.570. The van der Waals surface area contributed by atoms with Crippen molar-refractivity contribution in [3.05, 3.63) is 47.7 Å². The molecule has 1 aliphatic rings. The molecule has 19 heavy (non-hydrogen) atoms. The summed E-state index contributed by atoms with van der Waals surface area (Å²) in [6.07, 6.45) is 5.03. The van der Waals surface area contributed by atoms with Gasteiger partial charge in [-0.3, -0.25) is 4.98 Å². The molecule has 0 aliphatic heterocycles. The Morgan fingerprint density at radius 1 is 1.21 bits per heavy atom. The third-order valence-electron chi connectivity index (χ3n) is 3.19. The first-order valence-electron chi connectivity index (χ1n) is 6.87. The highest BCUT2D eigenvalue weighted by Gasteiger charge is 2.27. The third-order valence-corrected chi connectivity index (χ3v) is 3.19. The first-order valence-corrected chi connectivity index (χ1v) is 6.87. The molecular weight excluding hydrogens is 236 g/mol. The Morgan fingerprint density at radius 2 is 2.11 bits per heavy atom. The second kappa shape index (κ2) is 5.34. The molecule has 1 fully saturated rings. The predicted octanol–water partition coefficient (Wildman–Crippen LogP) is 2.77. The van der Waals surface area contributed by atoms with E-state index < -0.39 is 0 Å². The molecule has 2 aromatic heterocycles. The molecule has 0 radical (unpaired) electrons. The van der Waals surface area contributed by atoms with Gasteiger partial charge < -0.3 is 5.32 Å². The van der Waals surface area contributed by atoms with Crippen molar-refractivity contribution in [2.45, 2.75) is 32.1 Å². The summed E-state index contributed by atoms with van der Waals surface area (Å²) < 4.78 is 0. The lowest BCUT2D eigenvalue weighted by molar-refractivity contribution is 0.878. The van der Waals surface area contributed by atoms with Gasteiger partial charge in [0.2, 0.25) is 0 Å². The highest BCUT2D eigenvalue weighted by Crippen LogP contribution is 2.38. The standard InChI is InChI=1S/C15H18N4/c1-2-16-14-10-13(9-12-5-3-4-8-17-12)18-15(19-14)11-6-7-11/h3-5,8,10-11H,2,6-7,9H2,1H3,(H,16,18,19). The van der Waals surface area contributed by atoms with Crippen LogP contribution in [0.2, 0.25) is 0 Å². The summed E-state index contributed by atoms with van der Waals surface area (Å²) in [7, 11) is 0. The topological polar surface area (TPSA) is 50.7 Å². The van der Waals surface area contributed by atoms with E-state index in [2.05, 4.69) is 27.2 Å². The zero-order valence-corrected chi connectivity index (χ0v) is 11.1. The predicted molar refractivity (Wildman–Crippen MR) is 75.2 cm³/mol. The molecule has 0 saturated heterocycles. The van der Waals surface area contributed by atoms with Crippen LogP contribution in [-0.4, -0.2) is 21.5 Å². The van der Waals surface area contributed by atoms with E-state index in [4.69, 9.17) is 0 Å². The Balaban J connectivity index is 1.86. The minimum atomic E-state index is 0.570. The van der Waals surface area contributed by atoms with E-state index in [9.17, 15) is 0 Å². The number of rotatable bonds is 5. The van der Waals surface area contributed by atoms with Crippen molar-refractivity contribution in [2.24, 2.45) is 0 Å². The number of nitrogens with one attached hydrogen (secondary N) is 1. The highest BCUT2D eigenvalue weighted by molar-refractivity contribution is 5.38. The van der Waals surface area contributed by atoms with Gasteiger partial charge in [0.1, 0.15) is 11.6 Å². The molecule has 4 heteroatoms. The number of aromatic nitrogens is 3. The van der Waals surface area contributed by atoms with Crippen LogP contribution in [0.4, 0.5) is 5.82 Å². The summed E-state index contributed by atoms with van der Waals surface area (Å²) in [5.74, 6) is 2.50. The lowest BCUT2D eigenvalue weighted by Crippen LogP contribution is -2.06. The largest absolute Gasteiger partial charge is 0.370 e. The molecule has 2 heterocycles. The second-order valence-corrected chi connectivity index (χ2v) is 4.91. The summed E-state index contributed by atoms with van der Waals surface area (Å²) in [4.78, 5) is 13.6. The van der Waals surface area contributed by atoms with Gasteiger partial charge in [0.05, 0.1) is 5.69 Å². The van der Waals surface area contributed by atoms with E-state index in [1.165, 1.54) is 12.8 Å². The van der Waals surface area contributed by atoms with Crippen molar-refractivity contribution >= 4 is 5.82 Å². The fraction of sp³-hybridized carbons (Fsp3) is 0.400. The minimum Gasteiger partial charge on any atom is -0.370 e. The zero-order valence-electron chi connectivity index (χ0n) is 11.1. The number of hydrogen-bond donors (Lipinski definition) is 1. The van der Waals surface area contributed by atoms with E-state index in [1.807, 2.05) is 30.5 Å². The quantitative estimate of drug-likeness (QED) is 0.891. The Hall–Kier alpha value is -1.97. The number of anilines is 1. The molecule has 4 nitrogen and oxygen atoms in total. The van der Waals surface area contributed by atoms with E-state index in [-0.39, 0.29) is 0 Å². The van der Waals surface area contributed by atoms with Crippen molar-refractivity contribution in [1.82, 2.24) is 15.0 Å². The monoisotopic (exact) mass is 254 g/mol. The Morgan fingerprint density at radius 3 is 2.79 bits per heavy atom. The van der Waals surface area contributed by atoms with E-state index in [0.717, 1.165) is 36.0 Å². The van der Waals surface area contributed by atoms with Crippen LogP contribution in [0.1, 0.15) is 42.9 Å². The summed E-state index contributed by atoms with van der Waals surface area (Å²) in [6.45, 7) is 2.96. The SMILES string of the molecule is CCNc1cc(Cc2ccccn2)nc(C2CC2)n1. The van der Waals surface area contributed by atoms with Gasteiger partial charge in [-0.1, -0.05) is 6.07 Å². The third kappa shape index (κ3) is 3.08. The van der Waals surface area contributed by atoms with Crippen molar-refractivity contribution in [2.75, 3.05) is 11.9 Å².